The molecule has 0 aliphatic rings. The van der Waals surface area contributed by atoms with E-state index in [9.17, 15) is 0 Å². The fourth-order valence-electron chi connectivity index (χ4n) is 2.36. The van der Waals surface area contributed by atoms with Crippen molar-refractivity contribution in [3.05, 3.63) is 66.1 Å². The minimum absolute atomic E-state index is 0. The van der Waals surface area contributed by atoms with E-state index in [0.29, 0.717) is 6.54 Å². The predicted octanol–water partition coefficient (Wildman–Crippen LogP) is 2.26. The molecule has 0 radical (unpaired) electrons. The lowest BCUT2D eigenvalue weighted by Gasteiger charge is -2.11. The zero-order valence-electron chi connectivity index (χ0n) is 13.5. The van der Waals surface area contributed by atoms with Gasteiger partial charge in [0.15, 0.2) is 17.4 Å². The van der Waals surface area contributed by atoms with E-state index < -0.39 is 0 Å². The largest absolute Gasteiger partial charge is 0.356 e. The summed E-state index contributed by atoms with van der Waals surface area (Å²) in [4.78, 5) is 4.24. The predicted molar refractivity (Wildman–Crippen MR) is 107 cm³/mol. The fourth-order valence-corrected chi connectivity index (χ4v) is 2.36. The van der Waals surface area contributed by atoms with Gasteiger partial charge in [-0.05, 0) is 24.1 Å². The van der Waals surface area contributed by atoms with Crippen LogP contribution in [0.15, 0.2) is 59.7 Å². The van der Waals surface area contributed by atoms with Gasteiger partial charge in [-0.3, -0.25) is 9.39 Å². The first kappa shape index (κ1) is 18.2. The van der Waals surface area contributed by atoms with Crippen molar-refractivity contribution in [2.45, 2.75) is 13.0 Å². The number of pyridine rings is 1. The van der Waals surface area contributed by atoms with Crippen LogP contribution in [-0.4, -0.2) is 34.2 Å². The van der Waals surface area contributed by atoms with Crippen molar-refractivity contribution in [2.24, 2.45) is 4.99 Å². The van der Waals surface area contributed by atoms with Gasteiger partial charge in [0.05, 0.1) is 6.54 Å². The molecule has 126 valence electrons. The molecule has 3 aromatic rings. The summed E-state index contributed by atoms with van der Waals surface area (Å²) in [6.07, 6.45) is 2.91. The first-order valence-corrected chi connectivity index (χ1v) is 7.64. The Morgan fingerprint density at radius 3 is 2.62 bits per heavy atom. The summed E-state index contributed by atoms with van der Waals surface area (Å²) >= 11 is 0. The highest BCUT2D eigenvalue weighted by Gasteiger charge is 2.05. The van der Waals surface area contributed by atoms with Gasteiger partial charge < -0.3 is 10.6 Å². The molecular formula is C17H21IN6. The third kappa shape index (κ3) is 4.67. The molecule has 24 heavy (non-hydrogen) atoms. The number of halogens is 1. The quantitative estimate of drug-likeness (QED) is 0.366. The average molecular weight is 436 g/mol. The van der Waals surface area contributed by atoms with Gasteiger partial charge in [0.1, 0.15) is 0 Å². The number of guanidine groups is 1. The van der Waals surface area contributed by atoms with Crippen LogP contribution in [0.4, 0.5) is 0 Å². The Morgan fingerprint density at radius 1 is 1.04 bits per heavy atom. The Balaban J connectivity index is 0.00000208. The van der Waals surface area contributed by atoms with E-state index in [-0.39, 0.29) is 24.0 Å². The summed E-state index contributed by atoms with van der Waals surface area (Å²) in [7, 11) is 1.76. The summed E-state index contributed by atoms with van der Waals surface area (Å²) in [5.41, 5.74) is 2.15. The highest BCUT2D eigenvalue weighted by molar-refractivity contribution is 14.0. The van der Waals surface area contributed by atoms with Crippen molar-refractivity contribution in [2.75, 3.05) is 13.6 Å². The highest BCUT2D eigenvalue weighted by Crippen LogP contribution is 2.02. The molecule has 1 aromatic carbocycles. The number of rotatable bonds is 5. The van der Waals surface area contributed by atoms with Gasteiger partial charge in [-0.25, -0.2) is 0 Å². The highest BCUT2D eigenvalue weighted by atomic mass is 127. The van der Waals surface area contributed by atoms with Crippen LogP contribution < -0.4 is 10.6 Å². The van der Waals surface area contributed by atoms with Crippen LogP contribution >= 0.6 is 24.0 Å². The Labute approximate surface area is 158 Å². The van der Waals surface area contributed by atoms with Crippen LogP contribution in [0, 0.1) is 0 Å². The van der Waals surface area contributed by atoms with Crippen LogP contribution in [0.1, 0.15) is 11.4 Å². The summed E-state index contributed by atoms with van der Waals surface area (Å²) < 4.78 is 1.96. The van der Waals surface area contributed by atoms with E-state index in [4.69, 9.17) is 0 Å². The fraction of sp³-hybridized carbons (Fsp3) is 0.235. The van der Waals surface area contributed by atoms with Gasteiger partial charge in [0.2, 0.25) is 0 Å². The SMILES string of the molecule is CN=C(NCCc1ccccc1)NCc1nnc2ccccn12.I. The maximum Gasteiger partial charge on any atom is 0.191 e. The zero-order valence-corrected chi connectivity index (χ0v) is 15.8. The van der Waals surface area contributed by atoms with Crippen LogP contribution in [-0.2, 0) is 13.0 Å². The number of aromatic nitrogens is 3. The van der Waals surface area contributed by atoms with Crippen molar-refractivity contribution in [3.63, 3.8) is 0 Å². The Hall–Kier alpha value is -2.16. The lowest BCUT2D eigenvalue weighted by Crippen LogP contribution is -2.38. The van der Waals surface area contributed by atoms with Crippen LogP contribution in [0.2, 0.25) is 0 Å². The van der Waals surface area contributed by atoms with Crippen molar-refractivity contribution >= 4 is 35.6 Å². The minimum Gasteiger partial charge on any atom is -0.356 e. The monoisotopic (exact) mass is 436 g/mol. The number of nitrogens with zero attached hydrogens (tertiary/aromatic N) is 4. The molecule has 2 heterocycles. The second-order valence-electron chi connectivity index (χ2n) is 5.13. The maximum atomic E-state index is 4.24. The molecule has 3 rings (SSSR count). The molecule has 0 bridgehead atoms. The van der Waals surface area contributed by atoms with Gasteiger partial charge in [-0.15, -0.1) is 34.2 Å². The molecule has 7 heteroatoms. The van der Waals surface area contributed by atoms with Gasteiger partial charge in [-0.1, -0.05) is 36.4 Å². The van der Waals surface area contributed by atoms with Crippen LogP contribution in [0.5, 0.6) is 0 Å². The van der Waals surface area contributed by atoms with Crippen LogP contribution in [0.3, 0.4) is 0 Å². The molecule has 0 saturated heterocycles. The molecule has 6 nitrogen and oxygen atoms in total. The number of hydrogen-bond acceptors (Lipinski definition) is 3. The Morgan fingerprint density at radius 2 is 1.83 bits per heavy atom. The minimum atomic E-state index is 0. The van der Waals surface area contributed by atoms with E-state index in [2.05, 4.69) is 50.1 Å². The van der Waals surface area contributed by atoms with Crippen molar-refractivity contribution < 1.29 is 0 Å². The van der Waals surface area contributed by atoms with E-state index in [1.54, 1.807) is 7.05 Å². The molecular weight excluding hydrogens is 415 g/mol. The number of fused-ring (bicyclic) bond motifs is 1. The van der Waals surface area contributed by atoms with Crippen LogP contribution in [0.25, 0.3) is 5.65 Å². The number of aliphatic imine (C=N–C) groups is 1. The first-order valence-electron chi connectivity index (χ1n) is 7.64. The van der Waals surface area contributed by atoms with Gasteiger partial charge in [0.25, 0.3) is 0 Å². The van der Waals surface area contributed by atoms with Crippen molar-refractivity contribution in [1.29, 1.82) is 0 Å². The second kappa shape index (κ2) is 9.21. The summed E-state index contributed by atoms with van der Waals surface area (Å²) in [6, 6.07) is 16.2. The summed E-state index contributed by atoms with van der Waals surface area (Å²) in [6.45, 7) is 1.39. The summed E-state index contributed by atoms with van der Waals surface area (Å²) in [5.74, 6) is 1.61. The normalized spacial score (nSPS) is 11.1. The third-order valence-electron chi connectivity index (χ3n) is 3.57. The van der Waals surface area contributed by atoms with E-state index in [1.807, 2.05) is 34.9 Å². The average Bonchev–Trinajstić information content (AvgIpc) is 3.02. The molecule has 0 unspecified atom stereocenters. The number of hydrogen-bond donors (Lipinski definition) is 2. The Kier molecular flexibility index (Phi) is 6.98. The molecule has 2 N–H and O–H groups in total. The van der Waals surface area contributed by atoms with Crippen molar-refractivity contribution in [1.82, 2.24) is 25.2 Å². The smallest absolute Gasteiger partial charge is 0.191 e. The molecule has 0 saturated carbocycles. The zero-order chi connectivity index (χ0) is 15.9. The topological polar surface area (TPSA) is 66.6 Å². The molecule has 0 aliphatic heterocycles. The van der Waals surface area contributed by atoms with Crippen molar-refractivity contribution in [3.8, 4) is 0 Å². The number of nitrogens with one attached hydrogen (secondary N) is 2. The second-order valence-corrected chi connectivity index (χ2v) is 5.13. The molecule has 0 atom stereocenters. The lowest BCUT2D eigenvalue weighted by atomic mass is 10.1. The Bertz CT molecular complexity index is 784. The molecule has 0 fully saturated rings. The number of benzene rings is 1. The molecule has 2 aromatic heterocycles. The first-order chi connectivity index (χ1) is 11.4. The maximum absolute atomic E-state index is 4.24. The molecule has 0 amide bonds. The third-order valence-corrected chi connectivity index (χ3v) is 3.57. The van der Waals surface area contributed by atoms with Gasteiger partial charge >= 0.3 is 0 Å². The van der Waals surface area contributed by atoms with E-state index >= 15 is 0 Å². The molecule has 0 spiro atoms. The van der Waals surface area contributed by atoms with Gasteiger partial charge in [-0.2, -0.15) is 0 Å². The van der Waals surface area contributed by atoms with Gasteiger partial charge in [0, 0.05) is 19.8 Å². The lowest BCUT2D eigenvalue weighted by molar-refractivity contribution is 0.757. The van der Waals surface area contributed by atoms with E-state index in [0.717, 1.165) is 30.4 Å². The standard InChI is InChI=1S/C17H20N6.HI/c1-18-17(19-11-10-14-7-3-2-4-8-14)20-13-16-22-21-15-9-5-6-12-23(15)16;/h2-9,12H,10-11,13H2,1H3,(H2,18,19,20);1H. The summed E-state index contributed by atoms with van der Waals surface area (Å²) in [5, 5.41) is 14.9. The van der Waals surface area contributed by atoms with E-state index in [1.165, 1.54) is 5.56 Å². The molecule has 0 aliphatic carbocycles.